The highest BCUT2D eigenvalue weighted by atomic mass is 16.3. The highest BCUT2D eigenvalue weighted by Gasteiger charge is 2.51. The summed E-state index contributed by atoms with van der Waals surface area (Å²) in [6, 6.07) is 0. The van der Waals surface area contributed by atoms with Gasteiger partial charge in [-0.1, -0.05) is 13.8 Å². The number of carbonyl (C=O) groups excluding carboxylic acids is 1. The van der Waals surface area contributed by atoms with Gasteiger partial charge in [0.2, 0.25) is 0 Å². The van der Waals surface area contributed by atoms with E-state index < -0.39 is 5.60 Å². The first-order chi connectivity index (χ1) is 6.53. The molecule has 0 bridgehead atoms. The zero-order valence-electron chi connectivity index (χ0n) is 8.99. The summed E-state index contributed by atoms with van der Waals surface area (Å²) >= 11 is 0. The number of aliphatic hydroxyl groups is 1. The monoisotopic (exact) mass is 197 g/mol. The van der Waals surface area contributed by atoms with Crippen LogP contribution in [0.5, 0.6) is 0 Å². The Kier molecular flexibility index (Phi) is 2.30. The molecule has 0 radical (unpaired) electrons. The molecule has 0 aromatic heterocycles. The van der Waals surface area contributed by atoms with Crippen LogP contribution in [0, 0.1) is 11.8 Å². The summed E-state index contributed by atoms with van der Waals surface area (Å²) in [7, 11) is 0. The summed E-state index contributed by atoms with van der Waals surface area (Å²) in [4.78, 5) is 13.6. The highest BCUT2D eigenvalue weighted by molar-refractivity contribution is 5.88. The van der Waals surface area contributed by atoms with E-state index in [1.165, 1.54) is 0 Å². The van der Waals surface area contributed by atoms with Gasteiger partial charge in [0, 0.05) is 13.1 Å². The SMILES string of the molecule is CC(C)[C@@H]1CCN(C(=O)C2(O)CC2)C1. The number of hydrogen-bond donors (Lipinski definition) is 1. The lowest BCUT2D eigenvalue weighted by Crippen LogP contribution is -2.39. The minimum Gasteiger partial charge on any atom is -0.380 e. The molecule has 0 spiro atoms. The van der Waals surface area contributed by atoms with Crippen molar-refractivity contribution in [2.75, 3.05) is 13.1 Å². The van der Waals surface area contributed by atoms with Crippen LogP contribution in [0.15, 0.2) is 0 Å². The van der Waals surface area contributed by atoms with Gasteiger partial charge in [0.1, 0.15) is 5.60 Å². The molecule has 1 N–H and O–H groups in total. The van der Waals surface area contributed by atoms with Gasteiger partial charge in [-0.3, -0.25) is 4.79 Å². The van der Waals surface area contributed by atoms with Crippen LogP contribution in [0.4, 0.5) is 0 Å². The van der Waals surface area contributed by atoms with Crippen LogP contribution in [0.25, 0.3) is 0 Å². The molecule has 2 fully saturated rings. The second-order valence-corrected chi connectivity index (χ2v) is 5.08. The molecule has 1 amide bonds. The molecule has 1 aliphatic carbocycles. The van der Waals surface area contributed by atoms with E-state index in [0.717, 1.165) is 19.5 Å². The first-order valence-electron chi connectivity index (χ1n) is 5.55. The molecule has 80 valence electrons. The minimum absolute atomic E-state index is 0.0272. The van der Waals surface area contributed by atoms with Crippen molar-refractivity contribution in [3.8, 4) is 0 Å². The van der Waals surface area contributed by atoms with E-state index in [-0.39, 0.29) is 5.91 Å². The predicted molar refractivity (Wildman–Crippen MR) is 53.7 cm³/mol. The Bertz CT molecular complexity index is 246. The molecule has 1 saturated heterocycles. The minimum atomic E-state index is -0.966. The Morgan fingerprint density at radius 3 is 2.57 bits per heavy atom. The van der Waals surface area contributed by atoms with Crippen molar-refractivity contribution in [2.24, 2.45) is 11.8 Å². The van der Waals surface area contributed by atoms with E-state index in [1.54, 1.807) is 0 Å². The Morgan fingerprint density at radius 2 is 2.14 bits per heavy atom. The average Bonchev–Trinajstić information content (AvgIpc) is 2.69. The van der Waals surface area contributed by atoms with E-state index in [0.29, 0.717) is 24.7 Å². The zero-order valence-corrected chi connectivity index (χ0v) is 8.99. The van der Waals surface area contributed by atoms with Gasteiger partial charge in [0.15, 0.2) is 0 Å². The molecule has 2 rings (SSSR count). The summed E-state index contributed by atoms with van der Waals surface area (Å²) in [6.07, 6.45) is 2.42. The molecule has 0 unspecified atom stereocenters. The van der Waals surface area contributed by atoms with Gasteiger partial charge in [-0.15, -0.1) is 0 Å². The summed E-state index contributed by atoms with van der Waals surface area (Å²) in [5, 5.41) is 9.69. The summed E-state index contributed by atoms with van der Waals surface area (Å²) < 4.78 is 0. The van der Waals surface area contributed by atoms with Crippen LogP contribution in [0.1, 0.15) is 33.1 Å². The van der Waals surface area contributed by atoms with E-state index in [9.17, 15) is 9.90 Å². The van der Waals surface area contributed by atoms with Crippen LogP contribution < -0.4 is 0 Å². The maximum absolute atomic E-state index is 11.8. The Balaban J connectivity index is 1.92. The fourth-order valence-electron chi connectivity index (χ4n) is 2.14. The summed E-state index contributed by atoms with van der Waals surface area (Å²) in [6.45, 7) is 6.08. The summed E-state index contributed by atoms with van der Waals surface area (Å²) in [5.74, 6) is 1.24. The maximum Gasteiger partial charge on any atom is 0.254 e. The predicted octanol–water partition coefficient (Wildman–Crippen LogP) is 1.02. The quantitative estimate of drug-likeness (QED) is 0.718. The molecule has 1 atom stereocenters. The number of nitrogens with zero attached hydrogens (tertiary/aromatic N) is 1. The zero-order chi connectivity index (χ0) is 10.3. The smallest absolute Gasteiger partial charge is 0.254 e. The average molecular weight is 197 g/mol. The molecule has 1 aliphatic heterocycles. The molecule has 0 aromatic rings. The lowest BCUT2D eigenvalue weighted by Gasteiger charge is -2.20. The van der Waals surface area contributed by atoms with Crippen molar-refractivity contribution in [1.82, 2.24) is 4.90 Å². The van der Waals surface area contributed by atoms with Crippen LogP contribution in [-0.4, -0.2) is 34.6 Å². The fraction of sp³-hybridized carbons (Fsp3) is 0.909. The normalized spacial score (nSPS) is 29.7. The van der Waals surface area contributed by atoms with Crippen LogP contribution >= 0.6 is 0 Å². The number of carbonyl (C=O) groups is 1. The molecular weight excluding hydrogens is 178 g/mol. The standard InChI is InChI=1S/C11H19NO2/c1-8(2)9-3-6-12(7-9)10(13)11(14)4-5-11/h8-9,14H,3-7H2,1-2H3/t9-/m1/s1. The molecule has 1 saturated carbocycles. The third kappa shape index (κ3) is 1.65. The third-order valence-electron chi connectivity index (χ3n) is 3.58. The molecule has 0 aromatic carbocycles. The van der Waals surface area contributed by atoms with E-state index >= 15 is 0 Å². The van der Waals surface area contributed by atoms with Gasteiger partial charge in [-0.2, -0.15) is 0 Å². The van der Waals surface area contributed by atoms with Gasteiger partial charge in [-0.25, -0.2) is 0 Å². The van der Waals surface area contributed by atoms with Crippen LogP contribution in [-0.2, 0) is 4.79 Å². The van der Waals surface area contributed by atoms with Crippen molar-refractivity contribution >= 4 is 5.91 Å². The first kappa shape index (κ1) is 9.97. The van der Waals surface area contributed by atoms with E-state index in [1.807, 2.05) is 4.90 Å². The molecular formula is C11H19NO2. The van der Waals surface area contributed by atoms with Crippen molar-refractivity contribution < 1.29 is 9.90 Å². The molecule has 3 heteroatoms. The Labute approximate surface area is 85.1 Å². The summed E-state index contributed by atoms with van der Waals surface area (Å²) in [5.41, 5.74) is -0.966. The van der Waals surface area contributed by atoms with Gasteiger partial charge in [-0.05, 0) is 31.1 Å². The number of hydrogen-bond acceptors (Lipinski definition) is 2. The van der Waals surface area contributed by atoms with Crippen LogP contribution in [0.2, 0.25) is 0 Å². The Morgan fingerprint density at radius 1 is 1.50 bits per heavy atom. The van der Waals surface area contributed by atoms with Gasteiger partial charge in [0.25, 0.3) is 5.91 Å². The largest absolute Gasteiger partial charge is 0.380 e. The molecule has 14 heavy (non-hydrogen) atoms. The van der Waals surface area contributed by atoms with Crippen molar-refractivity contribution in [2.45, 2.75) is 38.7 Å². The first-order valence-corrected chi connectivity index (χ1v) is 5.55. The number of likely N-dealkylation sites (tertiary alicyclic amines) is 1. The van der Waals surface area contributed by atoms with Crippen molar-refractivity contribution in [1.29, 1.82) is 0 Å². The molecule has 2 aliphatic rings. The van der Waals surface area contributed by atoms with E-state index in [2.05, 4.69) is 13.8 Å². The van der Waals surface area contributed by atoms with Crippen molar-refractivity contribution in [3.63, 3.8) is 0 Å². The Hall–Kier alpha value is -0.570. The van der Waals surface area contributed by atoms with E-state index in [4.69, 9.17) is 0 Å². The van der Waals surface area contributed by atoms with Gasteiger partial charge in [0.05, 0.1) is 0 Å². The van der Waals surface area contributed by atoms with Crippen molar-refractivity contribution in [3.05, 3.63) is 0 Å². The number of rotatable bonds is 2. The maximum atomic E-state index is 11.8. The third-order valence-corrected chi connectivity index (χ3v) is 3.58. The highest BCUT2D eigenvalue weighted by Crippen LogP contribution is 2.38. The lowest BCUT2D eigenvalue weighted by atomic mass is 9.95. The molecule has 3 nitrogen and oxygen atoms in total. The topological polar surface area (TPSA) is 40.5 Å². The molecule has 1 heterocycles. The lowest BCUT2D eigenvalue weighted by molar-refractivity contribution is -0.141. The second kappa shape index (κ2) is 3.23. The fourth-order valence-corrected chi connectivity index (χ4v) is 2.14. The van der Waals surface area contributed by atoms with Crippen LogP contribution in [0.3, 0.4) is 0 Å². The second-order valence-electron chi connectivity index (χ2n) is 5.08. The van der Waals surface area contributed by atoms with Gasteiger partial charge < -0.3 is 10.0 Å². The number of amides is 1. The van der Waals surface area contributed by atoms with Gasteiger partial charge >= 0.3 is 0 Å².